The molecule has 0 unspecified atom stereocenters. The van der Waals surface area contributed by atoms with Crippen molar-refractivity contribution in [1.82, 2.24) is 15.2 Å². The minimum Gasteiger partial charge on any atom is -0.295 e. The molecule has 2 rings (SSSR count). The molecule has 0 radical (unpaired) electrons. The Bertz CT molecular complexity index is 543. The second-order valence-corrected chi connectivity index (χ2v) is 7.58. The van der Waals surface area contributed by atoms with Gasteiger partial charge in [0.1, 0.15) is 5.01 Å². The van der Waals surface area contributed by atoms with E-state index in [0.717, 1.165) is 10.7 Å². The Hall–Kier alpha value is -1.27. The molecular weight excluding hydrogens is 274 g/mol. The number of nitrogens with one attached hydrogen (secondary N) is 1. The highest BCUT2D eigenvalue weighted by Crippen LogP contribution is 2.25. The van der Waals surface area contributed by atoms with Gasteiger partial charge in [0, 0.05) is 10.8 Å². The zero-order valence-electron chi connectivity index (χ0n) is 12.6. The van der Waals surface area contributed by atoms with Gasteiger partial charge in [-0.05, 0) is 13.8 Å². The van der Waals surface area contributed by atoms with Gasteiger partial charge in [-0.25, -0.2) is 4.98 Å². The summed E-state index contributed by atoms with van der Waals surface area (Å²) in [7, 11) is 0. The lowest BCUT2D eigenvalue weighted by atomic mass is 9.93. The normalized spacial score (nSPS) is 19.6. The predicted octanol–water partition coefficient (Wildman–Crippen LogP) is 1.68. The summed E-state index contributed by atoms with van der Waals surface area (Å²) in [5.41, 5.74) is 0.274. The number of hydrogen-bond acceptors (Lipinski definition) is 5. The lowest BCUT2D eigenvalue weighted by Crippen LogP contribution is -2.63. The van der Waals surface area contributed by atoms with Crippen molar-refractivity contribution in [2.45, 2.75) is 52.1 Å². The lowest BCUT2D eigenvalue weighted by molar-refractivity contribution is -0.153. The number of piperazine rings is 1. The molecule has 20 heavy (non-hydrogen) atoms. The van der Waals surface area contributed by atoms with Crippen molar-refractivity contribution in [3.63, 3.8) is 0 Å². The van der Waals surface area contributed by atoms with E-state index in [2.05, 4.69) is 31.1 Å². The average molecular weight is 295 g/mol. The number of carbonyl (C=O) groups excluding carboxylic acids is 2. The third-order valence-corrected chi connectivity index (χ3v) is 4.21. The van der Waals surface area contributed by atoms with E-state index in [-0.39, 0.29) is 30.3 Å². The van der Waals surface area contributed by atoms with Gasteiger partial charge in [0.05, 0.1) is 24.3 Å². The third-order valence-electron chi connectivity index (χ3n) is 3.38. The Kier molecular flexibility index (Phi) is 3.73. The molecule has 1 fully saturated rings. The molecule has 0 bridgehead atoms. The number of nitrogens with zero attached hydrogens (tertiary/aromatic N) is 2. The van der Waals surface area contributed by atoms with Crippen LogP contribution in [0.2, 0.25) is 0 Å². The van der Waals surface area contributed by atoms with Crippen molar-refractivity contribution >= 4 is 23.2 Å². The Labute approximate surface area is 123 Å². The van der Waals surface area contributed by atoms with E-state index < -0.39 is 5.54 Å². The molecule has 0 spiro atoms. The largest absolute Gasteiger partial charge is 0.295 e. The first kappa shape index (κ1) is 15.1. The summed E-state index contributed by atoms with van der Waals surface area (Å²) < 4.78 is 0. The maximum Gasteiger partial charge on any atom is 0.249 e. The Morgan fingerprint density at radius 1 is 1.40 bits per heavy atom. The van der Waals surface area contributed by atoms with E-state index in [1.807, 2.05) is 5.38 Å². The predicted molar refractivity (Wildman–Crippen MR) is 78.5 cm³/mol. The topological polar surface area (TPSA) is 62.3 Å². The van der Waals surface area contributed by atoms with Crippen LogP contribution in [-0.4, -0.2) is 33.8 Å². The van der Waals surface area contributed by atoms with Crippen molar-refractivity contribution in [1.29, 1.82) is 0 Å². The molecule has 1 saturated heterocycles. The number of rotatable bonds is 2. The van der Waals surface area contributed by atoms with Crippen molar-refractivity contribution in [2.75, 3.05) is 6.54 Å². The highest BCUT2D eigenvalue weighted by molar-refractivity contribution is 7.09. The fourth-order valence-corrected chi connectivity index (χ4v) is 2.95. The smallest absolute Gasteiger partial charge is 0.249 e. The molecule has 110 valence electrons. The highest BCUT2D eigenvalue weighted by Gasteiger charge is 2.40. The molecule has 1 aromatic rings. The number of hydrogen-bond donors (Lipinski definition) is 1. The molecule has 0 aliphatic carbocycles. The van der Waals surface area contributed by atoms with Crippen molar-refractivity contribution in [2.24, 2.45) is 0 Å². The summed E-state index contributed by atoms with van der Waals surface area (Å²) >= 11 is 1.50. The second-order valence-electron chi connectivity index (χ2n) is 6.64. The van der Waals surface area contributed by atoms with Gasteiger partial charge in [-0.2, -0.15) is 0 Å². The minimum absolute atomic E-state index is 0.0223. The molecule has 1 aliphatic rings. The SMILES string of the molecule is CC1(C)NCC(=O)N(Cc2nc(C(C)(C)C)cs2)C1=O. The van der Waals surface area contributed by atoms with Gasteiger partial charge in [-0.1, -0.05) is 20.8 Å². The summed E-state index contributed by atoms with van der Waals surface area (Å²) in [6.45, 7) is 10.3. The van der Waals surface area contributed by atoms with Crippen LogP contribution < -0.4 is 5.32 Å². The number of imide groups is 1. The molecule has 2 heterocycles. The molecule has 0 saturated carbocycles. The zero-order valence-corrected chi connectivity index (χ0v) is 13.4. The molecule has 2 amide bonds. The van der Waals surface area contributed by atoms with E-state index in [4.69, 9.17) is 0 Å². The van der Waals surface area contributed by atoms with E-state index in [1.165, 1.54) is 16.2 Å². The fraction of sp³-hybridized carbons (Fsp3) is 0.643. The standard InChI is InChI=1S/C14H21N3O2S/c1-13(2,3)9-8-20-10(16-9)7-17-11(18)6-15-14(4,5)12(17)19/h8,15H,6-7H2,1-5H3. The summed E-state index contributed by atoms with van der Waals surface area (Å²) in [6.07, 6.45) is 0. The Balaban J connectivity index is 2.18. The van der Waals surface area contributed by atoms with Gasteiger partial charge in [0.15, 0.2) is 0 Å². The number of thiazole rings is 1. The van der Waals surface area contributed by atoms with Crippen LogP contribution in [0.15, 0.2) is 5.38 Å². The van der Waals surface area contributed by atoms with Crippen molar-refractivity contribution < 1.29 is 9.59 Å². The molecule has 1 aromatic heterocycles. The second kappa shape index (κ2) is 4.93. The highest BCUT2D eigenvalue weighted by atomic mass is 32.1. The van der Waals surface area contributed by atoms with Crippen LogP contribution >= 0.6 is 11.3 Å². The van der Waals surface area contributed by atoms with Crippen LogP contribution in [0.5, 0.6) is 0 Å². The molecule has 0 atom stereocenters. The lowest BCUT2D eigenvalue weighted by Gasteiger charge is -2.36. The van der Waals surface area contributed by atoms with E-state index in [1.54, 1.807) is 13.8 Å². The van der Waals surface area contributed by atoms with Gasteiger partial charge in [0.25, 0.3) is 0 Å². The molecule has 1 aliphatic heterocycles. The van der Waals surface area contributed by atoms with Gasteiger partial charge in [0.2, 0.25) is 11.8 Å². The van der Waals surface area contributed by atoms with Crippen LogP contribution in [0.25, 0.3) is 0 Å². The quantitative estimate of drug-likeness (QED) is 0.843. The monoisotopic (exact) mass is 295 g/mol. The molecule has 5 nitrogen and oxygen atoms in total. The van der Waals surface area contributed by atoms with Gasteiger partial charge in [-0.3, -0.25) is 19.8 Å². The first-order valence-electron chi connectivity index (χ1n) is 6.66. The summed E-state index contributed by atoms with van der Waals surface area (Å²) in [6, 6.07) is 0. The molecular formula is C14H21N3O2S. The van der Waals surface area contributed by atoms with Gasteiger partial charge >= 0.3 is 0 Å². The van der Waals surface area contributed by atoms with Crippen molar-refractivity contribution in [3.05, 3.63) is 16.1 Å². The van der Waals surface area contributed by atoms with E-state index in [9.17, 15) is 9.59 Å². The van der Waals surface area contributed by atoms with Gasteiger partial charge < -0.3 is 0 Å². The van der Waals surface area contributed by atoms with Crippen LogP contribution in [0, 0.1) is 0 Å². The zero-order chi connectivity index (χ0) is 15.1. The van der Waals surface area contributed by atoms with Crippen LogP contribution in [0.3, 0.4) is 0 Å². The molecule has 6 heteroatoms. The maximum atomic E-state index is 12.3. The third kappa shape index (κ3) is 2.91. The number of aromatic nitrogens is 1. The number of amides is 2. The minimum atomic E-state index is -0.696. The average Bonchev–Trinajstić information content (AvgIpc) is 2.79. The van der Waals surface area contributed by atoms with E-state index >= 15 is 0 Å². The Morgan fingerprint density at radius 2 is 2.05 bits per heavy atom. The van der Waals surface area contributed by atoms with Gasteiger partial charge in [-0.15, -0.1) is 11.3 Å². The summed E-state index contributed by atoms with van der Waals surface area (Å²) in [4.78, 5) is 30.1. The van der Waals surface area contributed by atoms with Crippen molar-refractivity contribution in [3.8, 4) is 0 Å². The first-order chi connectivity index (χ1) is 9.11. The fourth-order valence-electron chi connectivity index (χ4n) is 1.94. The summed E-state index contributed by atoms with van der Waals surface area (Å²) in [5, 5.41) is 5.74. The Morgan fingerprint density at radius 3 is 2.60 bits per heavy atom. The van der Waals surface area contributed by atoms with Crippen LogP contribution in [-0.2, 0) is 21.5 Å². The maximum absolute atomic E-state index is 12.3. The van der Waals surface area contributed by atoms with E-state index in [0.29, 0.717) is 0 Å². The van der Waals surface area contributed by atoms with Crippen LogP contribution in [0.1, 0.15) is 45.3 Å². The summed E-state index contributed by atoms with van der Waals surface area (Å²) in [5.74, 6) is -0.386. The van der Waals surface area contributed by atoms with Crippen LogP contribution in [0.4, 0.5) is 0 Å². The first-order valence-corrected chi connectivity index (χ1v) is 7.54. The molecule has 1 N–H and O–H groups in total. The number of carbonyl (C=O) groups is 2. The molecule has 0 aromatic carbocycles.